The zero-order valence-electron chi connectivity index (χ0n) is 15.5. The molecule has 4 aliphatic heterocycles. The first-order valence-corrected chi connectivity index (χ1v) is 9.28. The fourth-order valence-corrected chi connectivity index (χ4v) is 4.93. The van der Waals surface area contributed by atoms with Crippen molar-refractivity contribution in [3.05, 3.63) is 29.8 Å². The fourth-order valence-electron chi connectivity index (χ4n) is 4.93. The molecule has 2 bridgehead atoms. The molecule has 0 N–H and O–H groups in total. The lowest BCUT2D eigenvalue weighted by molar-refractivity contribution is -0.147. The van der Waals surface area contributed by atoms with Crippen LogP contribution in [0.2, 0.25) is 0 Å². The third-order valence-corrected chi connectivity index (χ3v) is 6.22. The molecule has 7 heteroatoms. The van der Waals surface area contributed by atoms with Gasteiger partial charge in [-0.15, -0.1) is 0 Å². The maximum atomic E-state index is 11.5. The highest BCUT2D eigenvalue weighted by Crippen LogP contribution is 2.55. The standard InChI is InChI=1S/C20H23NO6/c1-12(22)24-9-19-20-4-3-14(23-2)5-13(20)8-21(10-25-19)16-7-18-17(6-15(16)20)26-11-27-18/h3-4,6-7,13-14,19H,5,8-11H2,1-2H3. The summed E-state index contributed by atoms with van der Waals surface area (Å²) in [5, 5.41) is 0. The number of carbonyl (C=O) groups excluding carboxylic acids is 1. The van der Waals surface area contributed by atoms with E-state index in [0.29, 0.717) is 6.73 Å². The van der Waals surface area contributed by atoms with E-state index in [9.17, 15) is 4.79 Å². The third kappa shape index (κ3) is 2.45. The highest BCUT2D eigenvalue weighted by molar-refractivity contribution is 5.69. The van der Waals surface area contributed by atoms with E-state index in [1.54, 1.807) is 7.11 Å². The van der Waals surface area contributed by atoms with Gasteiger partial charge in [-0.05, 0) is 24.0 Å². The van der Waals surface area contributed by atoms with Crippen LogP contribution in [-0.4, -0.2) is 52.0 Å². The summed E-state index contributed by atoms with van der Waals surface area (Å²) in [6.07, 6.45) is 5.00. The predicted molar refractivity (Wildman–Crippen MR) is 96.0 cm³/mol. The van der Waals surface area contributed by atoms with E-state index >= 15 is 0 Å². The van der Waals surface area contributed by atoms with Crippen LogP contribution in [-0.2, 0) is 24.4 Å². The fraction of sp³-hybridized carbons (Fsp3) is 0.550. The number of carbonyl (C=O) groups is 1. The molecule has 0 amide bonds. The molecule has 0 saturated carbocycles. The van der Waals surface area contributed by atoms with Gasteiger partial charge in [-0.2, -0.15) is 0 Å². The molecule has 4 heterocycles. The van der Waals surface area contributed by atoms with Crippen molar-refractivity contribution >= 4 is 11.7 Å². The number of methoxy groups -OCH3 is 1. The molecular weight excluding hydrogens is 350 g/mol. The molecule has 1 spiro atoms. The topological polar surface area (TPSA) is 66.5 Å². The Hall–Kier alpha value is -2.25. The zero-order valence-corrected chi connectivity index (χ0v) is 15.5. The third-order valence-electron chi connectivity index (χ3n) is 6.22. The summed E-state index contributed by atoms with van der Waals surface area (Å²) in [6.45, 7) is 3.19. The lowest BCUT2D eigenvalue weighted by Crippen LogP contribution is -2.53. The van der Waals surface area contributed by atoms with E-state index in [2.05, 4.69) is 23.1 Å². The highest BCUT2D eigenvalue weighted by atomic mass is 16.7. The Bertz CT molecular complexity index is 808. The molecule has 1 aromatic rings. The summed E-state index contributed by atoms with van der Waals surface area (Å²) >= 11 is 0. The van der Waals surface area contributed by atoms with E-state index < -0.39 is 5.41 Å². The number of esters is 1. The van der Waals surface area contributed by atoms with E-state index in [1.165, 1.54) is 6.92 Å². The first-order valence-electron chi connectivity index (χ1n) is 9.28. The molecular formula is C20H23NO6. The molecule has 7 nitrogen and oxygen atoms in total. The lowest BCUT2D eigenvalue weighted by Gasteiger charge is -2.49. The van der Waals surface area contributed by atoms with Gasteiger partial charge in [0.2, 0.25) is 6.79 Å². The Labute approximate surface area is 157 Å². The molecule has 1 fully saturated rings. The molecule has 5 aliphatic rings. The van der Waals surface area contributed by atoms with Gasteiger partial charge >= 0.3 is 5.97 Å². The summed E-state index contributed by atoms with van der Waals surface area (Å²) in [7, 11) is 1.74. The Morgan fingerprint density at radius 3 is 2.93 bits per heavy atom. The average Bonchev–Trinajstić information content (AvgIpc) is 3.02. The predicted octanol–water partition coefficient (Wildman–Crippen LogP) is 1.98. The quantitative estimate of drug-likeness (QED) is 0.593. The monoisotopic (exact) mass is 373 g/mol. The second-order valence-corrected chi connectivity index (χ2v) is 7.53. The molecule has 144 valence electrons. The molecule has 1 aromatic carbocycles. The SMILES string of the molecule is COC1C=CC23c4cc5c(cc4N(COC2COC(C)=O)CC3C1)OCO5. The number of hydrogen-bond donors (Lipinski definition) is 0. The van der Waals surface area contributed by atoms with Crippen LogP contribution in [0.25, 0.3) is 0 Å². The molecule has 1 saturated heterocycles. The Morgan fingerprint density at radius 2 is 2.15 bits per heavy atom. The van der Waals surface area contributed by atoms with Crippen molar-refractivity contribution in [1.29, 1.82) is 0 Å². The van der Waals surface area contributed by atoms with Crippen molar-refractivity contribution in [2.75, 3.05) is 38.7 Å². The van der Waals surface area contributed by atoms with Crippen LogP contribution >= 0.6 is 0 Å². The van der Waals surface area contributed by atoms with Gasteiger partial charge in [0.05, 0.1) is 6.10 Å². The number of hydrogen-bond acceptors (Lipinski definition) is 7. The maximum absolute atomic E-state index is 11.5. The highest BCUT2D eigenvalue weighted by Gasteiger charge is 2.55. The Morgan fingerprint density at radius 1 is 1.33 bits per heavy atom. The van der Waals surface area contributed by atoms with Crippen molar-refractivity contribution in [2.24, 2.45) is 5.92 Å². The minimum Gasteiger partial charge on any atom is -0.463 e. The molecule has 27 heavy (non-hydrogen) atoms. The van der Waals surface area contributed by atoms with Crippen LogP contribution < -0.4 is 14.4 Å². The molecule has 1 aliphatic carbocycles. The van der Waals surface area contributed by atoms with Crippen molar-refractivity contribution < 1.29 is 28.5 Å². The first kappa shape index (κ1) is 16.9. The number of benzene rings is 1. The van der Waals surface area contributed by atoms with Crippen LogP contribution in [0.4, 0.5) is 5.69 Å². The summed E-state index contributed by atoms with van der Waals surface area (Å²) in [4.78, 5) is 13.7. The van der Waals surface area contributed by atoms with Gasteiger partial charge in [-0.1, -0.05) is 12.2 Å². The molecule has 0 aromatic heterocycles. The van der Waals surface area contributed by atoms with Gasteiger partial charge in [0.25, 0.3) is 0 Å². The van der Waals surface area contributed by atoms with E-state index in [4.69, 9.17) is 23.7 Å². The van der Waals surface area contributed by atoms with E-state index in [0.717, 1.165) is 35.7 Å². The number of ether oxygens (including phenoxy) is 5. The van der Waals surface area contributed by atoms with Gasteiger partial charge < -0.3 is 28.6 Å². The Balaban J connectivity index is 1.67. The summed E-state index contributed by atoms with van der Waals surface area (Å²) in [6, 6.07) is 4.12. The average molecular weight is 373 g/mol. The number of rotatable bonds is 3. The molecule has 6 rings (SSSR count). The normalized spacial score (nSPS) is 32.7. The smallest absolute Gasteiger partial charge is 0.302 e. The van der Waals surface area contributed by atoms with Gasteiger partial charge in [0, 0.05) is 37.7 Å². The Kier molecular flexibility index (Phi) is 3.84. The van der Waals surface area contributed by atoms with Crippen molar-refractivity contribution in [1.82, 2.24) is 0 Å². The van der Waals surface area contributed by atoms with Crippen LogP contribution in [0.1, 0.15) is 18.9 Å². The van der Waals surface area contributed by atoms with Crippen LogP contribution in [0.3, 0.4) is 0 Å². The van der Waals surface area contributed by atoms with Crippen molar-refractivity contribution in [2.45, 2.75) is 31.0 Å². The van der Waals surface area contributed by atoms with Gasteiger partial charge in [0.1, 0.15) is 19.4 Å². The summed E-state index contributed by atoms with van der Waals surface area (Å²) < 4.78 is 28.5. The van der Waals surface area contributed by atoms with Gasteiger partial charge in [0.15, 0.2) is 11.5 Å². The van der Waals surface area contributed by atoms with Gasteiger partial charge in [-0.3, -0.25) is 4.79 Å². The van der Waals surface area contributed by atoms with E-state index in [-0.39, 0.29) is 37.5 Å². The van der Waals surface area contributed by atoms with E-state index in [1.807, 2.05) is 6.07 Å². The molecule has 4 unspecified atom stereocenters. The van der Waals surface area contributed by atoms with Crippen molar-refractivity contribution in [3.8, 4) is 11.5 Å². The minimum atomic E-state index is -0.395. The van der Waals surface area contributed by atoms with Crippen molar-refractivity contribution in [3.63, 3.8) is 0 Å². The second kappa shape index (κ2) is 6.14. The zero-order chi connectivity index (χ0) is 18.6. The first-order chi connectivity index (χ1) is 13.1. The number of nitrogens with zero attached hydrogens (tertiary/aromatic N) is 1. The lowest BCUT2D eigenvalue weighted by atomic mass is 9.60. The maximum Gasteiger partial charge on any atom is 0.302 e. The van der Waals surface area contributed by atoms with Crippen LogP contribution in [0.15, 0.2) is 24.3 Å². The number of anilines is 1. The van der Waals surface area contributed by atoms with Crippen LogP contribution in [0.5, 0.6) is 11.5 Å². The molecule has 4 atom stereocenters. The second-order valence-electron chi connectivity index (χ2n) is 7.53. The largest absolute Gasteiger partial charge is 0.463 e. The summed E-state index contributed by atoms with van der Waals surface area (Å²) in [5.74, 6) is 1.50. The van der Waals surface area contributed by atoms with Crippen LogP contribution in [0, 0.1) is 5.92 Å². The minimum absolute atomic E-state index is 0.0769. The molecule has 0 radical (unpaired) electrons. The number of fused-ring (bicyclic) bond motifs is 3. The summed E-state index contributed by atoms with van der Waals surface area (Å²) in [5.41, 5.74) is 1.85. The van der Waals surface area contributed by atoms with Gasteiger partial charge in [-0.25, -0.2) is 0 Å².